The fourth-order valence-corrected chi connectivity index (χ4v) is 3.02. The van der Waals surface area contributed by atoms with E-state index < -0.39 is 18.6 Å². The lowest BCUT2D eigenvalue weighted by atomic mass is 9.98. The number of hydrogen-bond donors (Lipinski definition) is 2. The number of nitrogens with one attached hydrogen (secondary N) is 1. The number of rotatable bonds is 4. The zero-order valence-electron chi connectivity index (χ0n) is 11.2. The molecule has 1 aromatic carbocycles. The Bertz CT molecular complexity index is 450. The van der Waals surface area contributed by atoms with Crippen LogP contribution in [0.5, 0.6) is 0 Å². The van der Waals surface area contributed by atoms with Crippen LogP contribution in [0, 0.1) is 0 Å². The highest BCUT2D eigenvalue weighted by Crippen LogP contribution is 2.38. The van der Waals surface area contributed by atoms with Crippen LogP contribution in [0.1, 0.15) is 11.6 Å². The normalized spacial score (nSPS) is 18.1. The molecule has 8 heteroatoms. The first-order valence-electron chi connectivity index (χ1n) is 6.33. The van der Waals surface area contributed by atoms with E-state index in [-0.39, 0.29) is 12.4 Å². The van der Waals surface area contributed by atoms with Crippen molar-refractivity contribution in [2.24, 2.45) is 0 Å². The molecular formula is C13H17Cl3F2N2O. The molecule has 0 radical (unpaired) electrons. The van der Waals surface area contributed by atoms with Crippen LogP contribution in [0.3, 0.4) is 0 Å². The monoisotopic (exact) mass is 360 g/mol. The van der Waals surface area contributed by atoms with Crippen molar-refractivity contribution < 1.29 is 13.9 Å². The molecule has 1 fully saturated rings. The number of alkyl halides is 2. The Morgan fingerprint density at radius 1 is 1.19 bits per heavy atom. The van der Waals surface area contributed by atoms with Crippen LogP contribution in [0.2, 0.25) is 10.0 Å². The lowest BCUT2D eigenvalue weighted by Crippen LogP contribution is -2.51. The zero-order valence-corrected chi connectivity index (χ0v) is 13.5. The summed E-state index contributed by atoms with van der Waals surface area (Å²) in [6.45, 7) is 0.999. The molecule has 120 valence electrons. The summed E-state index contributed by atoms with van der Waals surface area (Å²) in [6, 6.07) is 3.22. The van der Waals surface area contributed by atoms with Crippen LogP contribution in [-0.2, 0) is 0 Å². The first-order chi connectivity index (χ1) is 9.44. The van der Waals surface area contributed by atoms with Crippen molar-refractivity contribution >= 4 is 35.6 Å². The maximum Gasteiger partial charge on any atom is 0.289 e. The molecule has 1 aromatic rings. The molecule has 0 aliphatic carbocycles. The topological polar surface area (TPSA) is 35.5 Å². The molecule has 2 rings (SSSR count). The summed E-state index contributed by atoms with van der Waals surface area (Å²) in [5, 5.41) is 12.8. The standard InChI is InChI=1S/C13H16Cl2F2N2O.ClH/c14-10-5-9(6-11(15)7-10)12(13(16,17)8-20)19-3-1-18-2-4-19;/h5-7,12,18,20H,1-4,8H2;1H/t12-;/m1./s1. The van der Waals surface area contributed by atoms with Crippen molar-refractivity contribution in [1.29, 1.82) is 0 Å². The number of piperazine rings is 1. The van der Waals surface area contributed by atoms with Gasteiger partial charge in [0.05, 0.1) is 0 Å². The smallest absolute Gasteiger partial charge is 0.289 e. The molecule has 1 atom stereocenters. The molecule has 0 bridgehead atoms. The van der Waals surface area contributed by atoms with Crippen LogP contribution in [0.4, 0.5) is 8.78 Å². The highest BCUT2D eigenvalue weighted by Gasteiger charge is 2.44. The van der Waals surface area contributed by atoms with Gasteiger partial charge in [0.15, 0.2) is 0 Å². The lowest BCUT2D eigenvalue weighted by molar-refractivity contribution is -0.118. The molecule has 0 saturated carbocycles. The average Bonchev–Trinajstić information content (AvgIpc) is 2.39. The molecule has 1 aliphatic rings. The summed E-state index contributed by atoms with van der Waals surface area (Å²) in [7, 11) is 0. The third kappa shape index (κ3) is 4.65. The number of halogens is 5. The van der Waals surface area contributed by atoms with Gasteiger partial charge in [0.1, 0.15) is 12.6 Å². The Labute approximate surface area is 138 Å². The van der Waals surface area contributed by atoms with Crippen LogP contribution >= 0.6 is 35.6 Å². The SMILES string of the molecule is Cl.OCC(F)(F)[C@@H](c1cc(Cl)cc(Cl)c1)N1CCNCC1. The third-order valence-electron chi connectivity index (χ3n) is 3.33. The molecule has 0 amide bonds. The van der Waals surface area contributed by atoms with Gasteiger partial charge in [0, 0.05) is 36.2 Å². The van der Waals surface area contributed by atoms with Gasteiger partial charge in [0.2, 0.25) is 0 Å². The fourth-order valence-electron chi connectivity index (χ4n) is 2.48. The Morgan fingerprint density at radius 2 is 1.71 bits per heavy atom. The summed E-state index contributed by atoms with van der Waals surface area (Å²) >= 11 is 11.8. The van der Waals surface area contributed by atoms with Crippen molar-refractivity contribution in [3.05, 3.63) is 33.8 Å². The number of aliphatic hydroxyl groups excluding tert-OH is 1. The van der Waals surface area contributed by atoms with Crippen LogP contribution in [-0.4, -0.2) is 48.7 Å². The van der Waals surface area contributed by atoms with Crippen LogP contribution in [0.15, 0.2) is 18.2 Å². The van der Waals surface area contributed by atoms with E-state index in [9.17, 15) is 8.78 Å². The van der Waals surface area contributed by atoms with Gasteiger partial charge in [-0.15, -0.1) is 12.4 Å². The Morgan fingerprint density at radius 3 is 2.19 bits per heavy atom. The molecule has 1 saturated heterocycles. The summed E-state index contributed by atoms with van der Waals surface area (Å²) in [5.74, 6) is -3.26. The van der Waals surface area contributed by atoms with Crippen molar-refractivity contribution in [2.45, 2.75) is 12.0 Å². The van der Waals surface area contributed by atoms with Gasteiger partial charge in [0.25, 0.3) is 5.92 Å². The first-order valence-corrected chi connectivity index (χ1v) is 7.09. The second-order valence-corrected chi connectivity index (χ2v) is 5.68. The van der Waals surface area contributed by atoms with Gasteiger partial charge in [-0.2, -0.15) is 0 Å². The van der Waals surface area contributed by atoms with E-state index in [1.165, 1.54) is 18.2 Å². The van der Waals surface area contributed by atoms with E-state index in [2.05, 4.69) is 5.32 Å². The molecule has 21 heavy (non-hydrogen) atoms. The largest absolute Gasteiger partial charge is 0.390 e. The Balaban J connectivity index is 0.00000220. The lowest BCUT2D eigenvalue weighted by Gasteiger charge is -2.38. The van der Waals surface area contributed by atoms with E-state index in [0.717, 1.165) is 0 Å². The first kappa shape index (κ1) is 18.9. The van der Waals surface area contributed by atoms with Gasteiger partial charge in [-0.1, -0.05) is 23.2 Å². The maximum atomic E-state index is 14.2. The van der Waals surface area contributed by atoms with Gasteiger partial charge in [-0.25, -0.2) is 8.78 Å². The minimum atomic E-state index is -3.26. The molecule has 3 nitrogen and oxygen atoms in total. The minimum absolute atomic E-state index is 0. The summed E-state index contributed by atoms with van der Waals surface area (Å²) in [4.78, 5) is 1.65. The van der Waals surface area contributed by atoms with Gasteiger partial charge < -0.3 is 10.4 Å². The molecule has 0 unspecified atom stereocenters. The summed E-state index contributed by atoms with van der Waals surface area (Å²) in [5.41, 5.74) is 0.323. The predicted molar refractivity (Wildman–Crippen MR) is 82.9 cm³/mol. The van der Waals surface area contributed by atoms with E-state index in [0.29, 0.717) is 41.8 Å². The molecule has 2 N–H and O–H groups in total. The second-order valence-electron chi connectivity index (χ2n) is 4.81. The van der Waals surface area contributed by atoms with Gasteiger partial charge >= 0.3 is 0 Å². The van der Waals surface area contributed by atoms with Gasteiger partial charge in [-0.05, 0) is 23.8 Å². The maximum absolute atomic E-state index is 14.2. The Kier molecular flexibility index (Phi) is 7.10. The van der Waals surface area contributed by atoms with E-state index >= 15 is 0 Å². The fraction of sp³-hybridized carbons (Fsp3) is 0.538. The zero-order chi connectivity index (χ0) is 14.8. The van der Waals surface area contributed by atoms with Crippen LogP contribution in [0.25, 0.3) is 0 Å². The number of aliphatic hydroxyl groups is 1. The molecule has 0 spiro atoms. The van der Waals surface area contributed by atoms with Crippen molar-refractivity contribution in [3.8, 4) is 0 Å². The van der Waals surface area contributed by atoms with Gasteiger partial charge in [-0.3, -0.25) is 4.90 Å². The van der Waals surface area contributed by atoms with Crippen molar-refractivity contribution in [3.63, 3.8) is 0 Å². The van der Waals surface area contributed by atoms with Crippen molar-refractivity contribution in [1.82, 2.24) is 10.2 Å². The van der Waals surface area contributed by atoms with Crippen molar-refractivity contribution in [2.75, 3.05) is 32.8 Å². The predicted octanol–water partition coefficient (Wildman–Crippen LogP) is 2.99. The highest BCUT2D eigenvalue weighted by atomic mass is 35.5. The summed E-state index contributed by atoms with van der Waals surface area (Å²) in [6.07, 6.45) is 0. The third-order valence-corrected chi connectivity index (χ3v) is 3.76. The molecule has 1 heterocycles. The molecular weight excluding hydrogens is 345 g/mol. The van der Waals surface area contributed by atoms with Crippen LogP contribution < -0.4 is 5.32 Å². The number of hydrogen-bond acceptors (Lipinski definition) is 3. The second kappa shape index (κ2) is 7.90. The van der Waals surface area contributed by atoms with E-state index in [1.807, 2.05) is 0 Å². The average molecular weight is 362 g/mol. The van der Waals surface area contributed by atoms with E-state index in [4.69, 9.17) is 28.3 Å². The molecule has 0 aromatic heterocycles. The highest BCUT2D eigenvalue weighted by molar-refractivity contribution is 6.34. The number of benzene rings is 1. The summed E-state index contributed by atoms with van der Waals surface area (Å²) < 4.78 is 28.3. The quantitative estimate of drug-likeness (QED) is 0.865. The minimum Gasteiger partial charge on any atom is -0.390 e. The Hall–Kier alpha value is -0.170. The number of nitrogens with zero attached hydrogens (tertiary/aromatic N) is 1. The van der Waals surface area contributed by atoms with E-state index in [1.54, 1.807) is 4.90 Å². The molecule has 1 aliphatic heterocycles.